The first-order chi connectivity index (χ1) is 15.7. The van der Waals surface area contributed by atoms with Gasteiger partial charge in [-0.15, -0.1) is 11.3 Å². The summed E-state index contributed by atoms with van der Waals surface area (Å²) in [6, 6.07) is 5.53. The maximum absolute atomic E-state index is 13.2. The average Bonchev–Trinajstić information content (AvgIpc) is 3.22. The van der Waals surface area contributed by atoms with Crippen molar-refractivity contribution < 1.29 is 4.79 Å². The number of likely N-dealkylation sites (tertiary alicyclic amines) is 1. The molecule has 1 amide bonds. The molecule has 7 nitrogen and oxygen atoms in total. The van der Waals surface area contributed by atoms with E-state index in [1.165, 1.54) is 16.9 Å². The molecular weight excluding hydrogens is 422 g/mol. The first-order valence-corrected chi connectivity index (χ1v) is 12.0. The summed E-state index contributed by atoms with van der Waals surface area (Å²) >= 11 is 1.69. The molecule has 1 saturated heterocycles. The second kappa shape index (κ2) is 7.78. The van der Waals surface area contributed by atoms with E-state index < -0.39 is 0 Å². The van der Waals surface area contributed by atoms with E-state index in [2.05, 4.69) is 15.0 Å². The van der Waals surface area contributed by atoms with Gasteiger partial charge in [0.25, 0.3) is 11.5 Å². The number of benzene rings is 1. The van der Waals surface area contributed by atoms with Gasteiger partial charge in [-0.05, 0) is 56.2 Å². The van der Waals surface area contributed by atoms with Crippen molar-refractivity contribution in [2.75, 3.05) is 13.1 Å². The minimum Gasteiger partial charge on any atom is -0.339 e. The first kappa shape index (κ1) is 19.5. The van der Waals surface area contributed by atoms with Gasteiger partial charge in [-0.3, -0.25) is 19.6 Å². The number of piperidine rings is 1. The summed E-state index contributed by atoms with van der Waals surface area (Å²) < 4.78 is 0. The summed E-state index contributed by atoms with van der Waals surface area (Å²) in [4.78, 5) is 46.8. The lowest BCUT2D eigenvalue weighted by Crippen LogP contribution is -2.38. The maximum atomic E-state index is 13.2. The van der Waals surface area contributed by atoms with E-state index in [9.17, 15) is 9.59 Å². The topological polar surface area (TPSA) is 91.8 Å². The van der Waals surface area contributed by atoms with Crippen LogP contribution >= 0.6 is 11.3 Å². The molecule has 4 aromatic rings. The molecule has 162 valence electrons. The fraction of sp³-hybridized carbons (Fsp3) is 0.375. The quantitative estimate of drug-likeness (QED) is 0.506. The fourth-order valence-corrected chi connectivity index (χ4v) is 6.33. The van der Waals surface area contributed by atoms with Gasteiger partial charge in [-0.25, -0.2) is 4.98 Å². The number of aromatic nitrogens is 4. The Morgan fingerprint density at radius 2 is 1.91 bits per heavy atom. The van der Waals surface area contributed by atoms with Crippen molar-refractivity contribution >= 4 is 38.5 Å². The van der Waals surface area contributed by atoms with E-state index >= 15 is 0 Å². The summed E-state index contributed by atoms with van der Waals surface area (Å²) in [6.45, 7) is 1.26. The molecule has 1 fully saturated rings. The van der Waals surface area contributed by atoms with Crippen LogP contribution in [0.4, 0.5) is 0 Å². The van der Waals surface area contributed by atoms with Gasteiger partial charge >= 0.3 is 0 Å². The second-order valence-corrected chi connectivity index (χ2v) is 9.72. The van der Waals surface area contributed by atoms with Crippen LogP contribution in [0, 0.1) is 0 Å². The van der Waals surface area contributed by atoms with E-state index in [4.69, 9.17) is 4.98 Å². The molecule has 0 radical (unpaired) electrons. The molecule has 0 bridgehead atoms. The van der Waals surface area contributed by atoms with Gasteiger partial charge in [-0.2, -0.15) is 0 Å². The number of nitrogens with zero attached hydrogens (tertiary/aromatic N) is 4. The molecule has 1 aliphatic heterocycles. The van der Waals surface area contributed by atoms with Gasteiger partial charge in [0.2, 0.25) is 0 Å². The van der Waals surface area contributed by atoms with Crippen molar-refractivity contribution in [1.82, 2.24) is 24.8 Å². The zero-order chi connectivity index (χ0) is 21.7. The monoisotopic (exact) mass is 445 g/mol. The van der Waals surface area contributed by atoms with Crippen LogP contribution in [0.1, 0.15) is 58.2 Å². The van der Waals surface area contributed by atoms with Gasteiger partial charge in [-0.1, -0.05) is 6.07 Å². The molecule has 2 aliphatic rings. The smallest absolute Gasteiger partial charge is 0.259 e. The third-order valence-corrected chi connectivity index (χ3v) is 7.93. The fourth-order valence-electron chi connectivity index (χ4n) is 5.07. The van der Waals surface area contributed by atoms with Crippen LogP contribution in [0.15, 0.2) is 35.4 Å². The van der Waals surface area contributed by atoms with Crippen LogP contribution in [0.2, 0.25) is 0 Å². The van der Waals surface area contributed by atoms with Crippen LogP contribution in [-0.4, -0.2) is 43.8 Å². The van der Waals surface area contributed by atoms with E-state index in [1.807, 2.05) is 23.1 Å². The lowest BCUT2D eigenvalue weighted by atomic mass is 9.94. The number of carbonyl (C=O) groups is 1. The van der Waals surface area contributed by atoms with E-state index in [0.717, 1.165) is 53.7 Å². The second-order valence-electron chi connectivity index (χ2n) is 8.64. The summed E-state index contributed by atoms with van der Waals surface area (Å²) in [6.07, 6.45) is 9.20. The van der Waals surface area contributed by atoms with E-state index in [1.54, 1.807) is 23.7 Å². The number of aryl methyl sites for hydroxylation is 2. The summed E-state index contributed by atoms with van der Waals surface area (Å²) in [5.41, 5.74) is 3.17. The van der Waals surface area contributed by atoms with Gasteiger partial charge < -0.3 is 9.88 Å². The molecule has 3 aromatic heterocycles. The summed E-state index contributed by atoms with van der Waals surface area (Å²) in [7, 11) is 0. The molecule has 8 heteroatoms. The zero-order valence-electron chi connectivity index (χ0n) is 17.6. The molecule has 1 aliphatic carbocycles. The minimum absolute atomic E-state index is 0.00256. The van der Waals surface area contributed by atoms with Crippen LogP contribution in [0.3, 0.4) is 0 Å². The third-order valence-electron chi connectivity index (χ3n) is 6.74. The Morgan fingerprint density at radius 3 is 2.78 bits per heavy atom. The highest BCUT2D eigenvalue weighted by molar-refractivity contribution is 7.18. The van der Waals surface area contributed by atoms with Crippen LogP contribution in [0.5, 0.6) is 0 Å². The van der Waals surface area contributed by atoms with Crippen molar-refractivity contribution in [1.29, 1.82) is 0 Å². The van der Waals surface area contributed by atoms with Crippen LogP contribution < -0.4 is 5.56 Å². The van der Waals surface area contributed by atoms with Crippen LogP contribution in [-0.2, 0) is 12.8 Å². The third kappa shape index (κ3) is 3.21. The highest BCUT2D eigenvalue weighted by atomic mass is 32.1. The number of rotatable bonds is 2. The van der Waals surface area contributed by atoms with Crippen molar-refractivity contribution in [2.24, 2.45) is 0 Å². The lowest BCUT2D eigenvalue weighted by molar-refractivity contribution is 0.0713. The lowest BCUT2D eigenvalue weighted by Gasteiger charge is -2.31. The number of hydrogen-bond donors (Lipinski definition) is 1. The number of para-hydroxylation sites is 1. The number of fused-ring (bicyclic) bond motifs is 4. The largest absolute Gasteiger partial charge is 0.339 e. The highest BCUT2D eigenvalue weighted by Crippen LogP contribution is 2.35. The number of H-pyrrole nitrogens is 1. The Bertz CT molecular complexity index is 1400. The minimum atomic E-state index is -0.0163. The highest BCUT2D eigenvalue weighted by Gasteiger charge is 2.28. The van der Waals surface area contributed by atoms with Crippen molar-refractivity contribution in [3.63, 3.8) is 0 Å². The molecular formula is C24H23N5O2S. The van der Waals surface area contributed by atoms with Gasteiger partial charge in [0, 0.05) is 36.3 Å². The number of carbonyl (C=O) groups excluding carboxylic acids is 1. The van der Waals surface area contributed by atoms with Gasteiger partial charge in [0.05, 0.1) is 16.5 Å². The molecule has 4 heterocycles. The number of aromatic amines is 1. The Hall–Kier alpha value is -3.13. The summed E-state index contributed by atoms with van der Waals surface area (Å²) in [5, 5.41) is 0.804. The van der Waals surface area contributed by atoms with Crippen molar-refractivity contribution in [3.8, 4) is 0 Å². The predicted molar refractivity (Wildman–Crippen MR) is 124 cm³/mol. The SMILES string of the molecule is O=C(c1cccc2nccnc12)N1CCC(c2nc3sc4c(c3c(=O)[nH]2)CCCC4)CC1. The Morgan fingerprint density at radius 1 is 1.09 bits per heavy atom. The number of hydrogen-bond acceptors (Lipinski definition) is 6. The first-order valence-electron chi connectivity index (χ1n) is 11.2. The standard InChI is InChI=1S/C24H23N5O2S/c30-22-19-15-4-1-2-7-18(15)32-23(19)28-21(27-22)14-8-12-29(13-9-14)24(31)16-5-3-6-17-20(16)26-11-10-25-17/h3,5-6,10-11,14H,1-2,4,7-9,12-13H2,(H,27,28,30). The Labute approximate surface area is 188 Å². The molecule has 0 atom stereocenters. The maximum Gasteiger partial charge on any atom is 0.259 e. The Kier molecular flexibility index (Phi) is 4.75. The molecule has 1 aromatic carbocycles. The molecule has 0 saturated carbocycles. The zero-order valence-corrected chi connectivity index (χ0v) is 18.5. The normalized spacial score (nSPS) is 17.1. The number of thiophene rings is 1. The van der Waals surface area contributed by atoms with Crippen molar-refractivity contribution in [2.45, 2.75) is 44.4 Å². The van der Waals surface area contributed by atoms with E-state index in [0.29, 0.717) is 24.2 Å². The van der Waals surface area contributed by atoms with Gasteiger partial charge in [0.1, 0.15) is 16.2 Å². The number of amides is 1. The van der Waals surface area contributed by atoms with Crippen LogP contribution in [0.25, 0.3) is 21.3 Å². The molecule has 32 heavy (non-hydrogen) atoms. The molecule has 0 spiro atoms. The van der Waals surface area contributed by atoms with Crippen molar-refractivity contribution in [3.05, 3.63) is 62.8 Å². The molecule has 0 unspecified atom stereocenters. The summed E-state index contributed by atoms with van der Waals surface area (Å²) in [5.74, 6) is 0.907. The Balaban J connectivity index is 1.23. The molecule has 1 N–H and O–H groups in total. The number of nitrogens with one attached hydrogen (secondary N) is 1. The van der Waals surface area contributed by atoms with Gasteiger partial charge in [0.15, 0.2) is 0 Å². The molecule has 6 rings (SSSR count). The predicted octanol–water partition coefficient (Wildman–Crippen LogP) is 3.83. The average molecular weight is 446 g/mol. The van der Waals surface area contributed by atoms with E-state index in [-0.39, 0.29) is 17.4 Å².